The smallest absolute Gasteiger partial charge is 0.419 e. The first-order chi connectivity index (χ1) is 17.3. The van der Waals surface area contributed by atoms with Crippen LogP contribution in [0.25, 0.3) is 10.8 Å². The molecular formula is C29H26F4N2O. The molecule has 0 saturated carbocycles. The summed E-state index contributed by atoms with van der Waals surface area (Å²) in [6.45, 7) is 3.19. The zero-order valence-corrected chi connectivity index (χ0v) is 19.7. The molecule has 0 bridgehead atoms. The van der Waals surface area contributed by atoms with E-state index >= 15 is 0 Å². The molecule has 7 heteroatoms. The number of hydrogen-bond acceptors (Lipinski definition) is 3. The third-order valence-corrected chi connectivity index (χ3v) is 6.61. The normalized spacial score (nSPS) is 16.5. The first kappa shape index (κ1) is 24.1. The number of fused-ring (bicyclic) bond motifs is 2. The van der Waals surface area contributed by atoms with Crippen molar-refractivity contribution in [1.29, 1.82) is 0 Å². The monoisotopic (exact) mass is 494 g/mol. The lowest BCUT2D eigenvalue weighted by Crippen LogP contribution is -2.39. The molecule has 4 aromatic rings. The summed E-state index contributed by atoms with van der Waals surface area (Å²) in [5.41, 5.74) is 1.00. The third-order valence-electron chi connectivity index (χ3n) is 6.61. The van der Waals surface area contributed by atoms with Crippen molar-refractivity contribution in [3.63, 3.8) is 0 Å². The van der Waals surface area contributed by atoms with Crippen molar-refractivity contribution in [2.75, 3.05) is 18.0 Å². The molecule has 3 nitrogen and oxygen atoms in total. The minimum Gasteiger partial charge on any atom is -0.486 e. The molecule has 0 amide bonds. The summed E-state index contributed by atoms with van der Waals surface area (Å²) in [6.07, 6.45) is -4.29. The van der Waals surface area contributed by atoms with Gasteiger partial charge in [-0.1, -0.05) is 54.6 Å². The molecule has 186 valence electrons. The lowest BCUT2D eigenvalue weighted by molar-refractivity contribution is -0.139. The zero-order chi connectivity index (χ0) is 25.3. The van der Waals surface area contributed by atoms with Crippen LogP contribution in [0.2, 0.25) is 0 Å². The molecule has 1 heterocycles. The lowest BCUT2D eigenvalue weighted by Gasteiger charge is -2.36. The van der Waals surface area contributed by atoms with E-state index < -0.39 is 17.6 Å². The molecule has 1 aliphatic heterocycles. The van der Waals surface area contributed by atoms with Crippen molar-refractivity contribution < 1.29 is 22.3 Å². The fourth-order valence-electron chi connectivity index (χ4n) is 4.79. The largest absolute Gasteiger partial charge is 0.486 e. The van der Waals surface area contributed by atoms with Gasteiger partial charge in [-0.05, 0) is 66.6 Å². The second kappa shape index (κ2) is 9.82. The van der Waals surface area contributed by atoms with Crippen molar-refractivity contribution in [1.82, 2.24) is 5.32 Å². The Morgan fingerprint density at radius 3 is 2.53 bits per heavy atom. The van der Waals surface area contributed by atoms with Crippen molar-refractivity contribution >= 4 is 22.1 Å². The number of nitrogens with zero attached hydrogens (tertiary/aromatic N) is 1. The quantitative estimate of drug-likeness (QED) is 0.279. The highest BCUT2D eigenvalue weighted by Crippen LogP contribution is 2.40. The Balaban J connectivity index is 1.31. The van der Waals surface area contributed by atoms with Gasteiger partial charge in [-0.2, -0.15) is 13.2 Å². The molecule has 0 fully saturated rings. The van der Waals surface area contributed by atoms with Crippen LogP contribution in [-0.2, 0) is 6.18 Å². The maximum atomic E-state index is 14.4. The van der Waals surface area contributed by atoms with Crippen LogP contribution in [0.5, 0.6) is 5.75 Å². The minimum atomic E-state index is -4.74. The highest BCUT2D eigenvalue weighted by molar-refractivity contribution is 5.86. The van der Waals surface area contributed by atoms with Crippen LogP contribution in [0.1, 0.15) is 30.5 Å². The van der Waals surface area contributed by atoms with E-state index in [4.69, 9.17) is 4.74 Å². The number of rotatable bonds is 6. The second-order valence-electron chi connectivity index (χ2n) is 9.01. The zero-order valence-electron chi connectivity index (χ0n) is 19.7. The summed E-state index contributed by atoms with van der Waals surface area (Å²) in [7, 11) is 0. The predicted octanol–water partition coefficient (Wildman–Crippen LogP) is 7.64. The lowest BCUT2D eigenvalue weighted by atomic mass is 9.99. The Kier molecular flexibility index (Phi) is 6.58. The summed E-state index contributed by atoms with van der Waals surface area (Å²) in [6, 6.07) is 25.0. The Hall–Kier alpha value is -3.58. The minimum absolute atomic E-state index is 0.118. The number of para-hydroxylation sites is 2. The van der Waals surface area contributed by atoms with Gasteiger partial charge in [-0.3, -0.25) is 0 Å². The van der Waals surface area contributed by atoms with Gasteiger partial charge in [-0.25, -0.2) is 4.39 Å². The summed E-state index contributed by atoms with van der Waals surface area (Å²) in [5.74, 6) is -0.665. The Morgan fingerprint density at radius 2 is 1.72 bits per heavy atom. The number of anilines is 2. The molecule has 0 aromatic heterocycles. The second-order valence-corrected chi connectivity index (χ2v) is 9.01. The van der Waals surface area contributed by atoms with Crippen molar-refractivity contribution in [2.24, 2.45) is 0 Å². The topological polar surface area (TPSA) is 24.5 Å². The Morgan fingerprint density at radius 1 is 0.972 bits per heavy atom. The molecule has 2 atom stereocenters. The maximum Gasteiger partial charge on any atom is 0.419 e. The van der Waals surface area contributed by atoms with Gasteiger partial charge in [-0.15, -0.1) is 0 Å². The van der Waals surface area contributed by atoms with E-state index in [0.29, 0.717) is 36.6 Å². The van der Waals surface area contributed by atoms with Crippen molar-refractivity contribution in [3.8, 4) is 5.75 Å². The Labute approximate surface area is 207 Å². The van der Waals surface area contributed by atoms with Crippen LogP contribution in [0.4, 0.5) is 28.9 Å². The first-order valence-electron chi connectivity index (χ1n) is 11.9. The summed E-state index contributed by atoms with van der Waals surface area (Å²) >= 11 is 0. The van der Waals surface area contributed by atoms with E-state index in [2.05, 4.69) is 42.6 Å². The summed E-state index contributed by atoms with van der Waals surface area (Å²) in [5, 5.41) is 5.96. The fraction of sp³-hybridized carbons (Fsp3) is 0.241. The summed E-state index contributed by atoms with van der Waals surface area (Å²) in [4.78, 5) is 1.82. The molecule has 0 saturated heterocycles. The number of nitrogens with one attached hydrogen (secondary N) is 1. The average Bonchev–Trinajstić information content (AvgIpc) is 2.87. The van der Waals surface area contributed by atoms with E-state index in [1.807, 2.05) is 41.3 Å². The number of ether oxygens (including phenoxy) is 1. The number of hydrogen-bond donors (Lipinski definition) is 1. The van der Waals surface area contributed by atoms with Gasteiger partial charge in [0.25, 0.3) is 0 Å². The van der Waals surface area contributed by atoms with Gasteiger partial charge >= 0.3 is 6.18 Å². The van der Waals surface area contributed by atoms with Gasteiger partial charge in [0.1, 0.15) is 17.7 Å². The fourth-order valence-corrected chi connectivity index (χ4v) is 4.79. The van der Waals surface area contributed by atoms with E-state index in [1.165, 1.54) is 22.4 Å². The van der Waals surface area contributed by atoms with Gasteiger partial charge in [0.2, 0.25) is 0 Å². The number of alkyl halides is 3. The molecule has 4 aromatic carbocycles. The average molecular weight is 495 g/mol. The van der Waals surface area contributed by atoms with Crippen LogP contribution in [0.15, 0.2) is 84.9 Å². The molecule has 36 heavy (non-hydrogen) atoms. The van der Waals surface area contributed by atoms with Crippen LogP contribution in [0.3, 0.4) is 0 Å². The molecule has 0 radical (unpaired) electrons. The first-order valence-corrected chi connectivity index (χ1v) is 11.9. The van der Waals surface area contributed by atoms with Gasteiger partial charge in [0.15, 0.2) is 0 Å². The van der Waals surface area contributed by atoms with E-state index in [0.717, 1.165) is 12.1 Å². The standard InChI is InChI=1S/C29H26F4N2O/c1-19(23-10-6-8-20-7-2-3-9-24(20)23)34-16-15-22-18-35(27-11-4-5-12-28(27)36-22)21-13-14-25(26(30)17-21)29(31,32)33/h2-14,17,19,22,34H,15-16,18H2,1H3. The maximum absolute atomic E-state index is 14.4. The van der Waals surface area contributed by atoms with E-state index in [-0.39, 0.29) is 12.1 Å². The van der Waals surface area contributed by atoms with Crippen LogP contribution in [0, 0.1) is 5.82 Å². The van der Waals surface area contributed by atoms with Crippen LogP contribution >= 0.6 is 0 Å². The number of benzene rings is 4. The highest BCUT2D eigenvalue weighted by Gasteiger charge is 2.35. The third kappa shape index (κ3) is 4.88. The molecule has 2 unspecified atom stereocenters. The molecule has 0 aliphatic carbocycles. The van der Waals surface area contributed by atoms with Gasteiger partial charge in [0.05, 0.1) is 17.8 Å². The van der Waals surface area contributed by atoms with E-state index in [1.54, 1.807) is 0 Å². The van der Waals surface area contributed by atoms with Gasteiger partial charge in [0, 0.05) is 11.7 Å². The Bertz CT molecular complexity index is 1370. The van der Waals surface area contributed by atoms with Crippen LogP contribution < -0.4 is 15.0 Å². The number of halogens is 4. The molecule has 5 rings (SSSR count). The summed E-state index contributed by atoms with van der Waals surface area (Å²) < 4.78 is 59.7. The molecular weight excluding hydrogens is 468 g/mol. The van der Waals surface area contributed by atoms with E-state index in [9.17, 15) is 17.6 Å². The predicted molar refractivity (Wildman–Crippen MR) is 134 cm³/mol. The SMILES string of the molecule is CC(NCCC1CN(c2ccc(C(F)(F)F)c(F)c2)c2ccccc2O1)c1cccc2ccccc12. The van der Waals surface area contributed by atoms with Crippen molar-refractivity contribution in [3.05, 3.63) is 102 Å². The molecule has 1 aliphatic rings. The molecule has 1 N–H and O–H groups in total. The molecule has 0 spiro atoms. The van der Waals surface area contributed by atoms with Gasteiger partial charge < -0.3 is 15.0 Å². The van der Waals surface area contributed by atoms with Crippen molar-refractivity contribution in [2.45, 2.75) is 31.7 Å². The highest BCUT2D eigenvalue weighted by atomic mass is 19.4. The van der Waals surface area contributed by atoms with Crippen LogP contribution in [-0.4, -0.2) is 19.2 Å².